The van der Waals surface area contributed by atoms with Gasteiger partial charge in [0, 0.05) is 22.7 Å². The minimum Gasteiger partial charge on any atom is -0.394 e. The Hall–Kier alpha value is -3.90. The smallest absolute Gasteiger partial charge is 0.333 e. The van der Waals surface area contributed by atoms with Gasteiger partial charge in [0.2, 0.25) is 0 Å². The number of carbonyl (C=O) groups excluding carboxylic acids is 1. The highest BCUT2D eigenvalue weighted by molar-refractivity contribution is 6.33. The molecule has 13 heteroatoms. The van der Waals surface area contributed by atoms with E-state index < -0.39 is 30.2 Å². The molecule has 1 amide bonds. The lowest BCUT2D eigenvalue weighted by Crippen LogP contribution is -2.55. The number of nitrogens with two attached hydrogens (primary N) is 1. The second-order valence-corrected chi connectivity index (χ2v) is 12.5. The van der Waals surface area contributed by atoms with Gasteiger partial charge in [-0.1, -0.05) is 63.6 Å². The van der Waals surface area contributed by atoms with Gasteiger partial charge in [0.1, 0.15) is 6.33 Å². The number of nitrogens with one attached hydrogen (secondary N) is 1. The molecule has 0 radical (unpaired) electrons. The number of aromatic nitrogens is 5. The van der Waals surface area contributed by atoms with E-state index in [1.54, 1.807) is 18.2 Å². The van der Waals surface area contributed by atoms with E-state index in [0.29, 0.717) is 45.1 Å². The number of aliphatic imine (C=N–C) groups is 1. The van der Waals surface area contributed by atoms with Crippen molar-refractivity contribution in [3.05, 3.63) is 71.3 Å². The first kappa shape index (κ1) is 29.6. The molecule has 0 bridgehead atoms. The number of carbonyl (C=O) groups is 1. The molecule has 2 aliphatic rings. The quantitative estimate of drug-likeness (QED) is 0.328. The van der Waals surface area contributed by atoms with Crippen LogP contribution in [0.5, 0.6) is 0 Å². The van der Waals surface area contributed by atoms with Gasteiger partial charge in [-0.05, 0) is 41.5 Å². The van der Waals surface area contributed by atoms with E-state index in [2.05, 4.69) is 20.3 Å². The lowest BCUT2D eigenvalue weighted by Gasteiger charge is -2.45. The Morgan fingerprint density at radius 2 is 2.05 bits per heavy atom. The van der Waals surface area contributed by atoms with Gasteiger partial charge in [0.15, 0.2) is 17.3 Å². The van der Waals surface area contributed by atoms with E-state index in [1.807, 2.05) is 45.9 Å². The molecule has 42 heavy (non-hydrogen) atoms. The molecule has 3 heterocycles. The third-order valence-corrected chi connectivity index (χ3v) is 8.23. The largest absolute Gasteiger partial charge is 0.394 e. The van der Waals surface area contributed by atoms with Crippen molar-refractivity contribution >= 4 is 29.0 Å². The number of hydrogen-bond donors (Lipinski definition) is 3. The second kappa shape index (κ2) is 10.7. The molecular weight excluding hydrogens is 566 g/mol. The number of halogens is 3. The van der Waals surface area contributed by atoms with Gasteiger partial charge in [0.05, 0.1) is 23.9 Å². The van der Waals surface area contributed by atoms with Crippen LogP contribution in [0.25, 0.3) is 17.0 Å². The Morgan fingerprint density at radius 1 is 1.29 bits per heavy atom. The van der Waals surface area contributed by atoms with Crippen molar-refractivity contribution in [2.24, 2.45) is 21.6 Å². The van der Waals surface area contributed by atoms with Crippen LogP contribution in [-0.2, 0) is 4.79 Å². The van der Waals surface area contributed by atoms with Crippen molar-refractivity contribution in [3.63, 3.8) is 0 Å². The minimum atomic E-state index is -2.74. The number of benzene rings is 1. The Kier molecular flexibility index (Phi) is 7.56. The summed E-state index contributed by atoms with van der Waals surface area (Å²) < 4.78 is 26.8. The summed E-state index contributed by atoms with van der Waals surface area (Å²) in [5, 5.41) is 21.4. The molecule has 2 aromatic heterocycles. The van der Waals surface area contributed by atoms with Gasteiger partial charge >= 0.3 is 6.55 Å². The fraction of sp³-hybridized carbons (Fsp3) is 0.414. The molecular formula is C29H33ClF2N8O2. The maximum absolute atomic E-state index is 14.6. The number of amides is 1. The van der Waals surface area contributed by atoms with Crippen molar-refractivity contribution in [3.8, 4) is 11.4 Å². The summed E-state index contributed by atoms with van der Waals surface area (Å²) in [7, 11) is 0. The number of aliphatic hydroxyl groups excluding tert-OH is 1. The van der Waals surface area contributed by atoms with Crippen LogP contribution in [-0.4, -0.2) is 59.0 Å². The predicted molar refractivity (Wildman–Crippen MR) is 155 cm³/mol. The molecule has 0 fully saturated rings. The number of H-pyrrole nitrogens is 1. The minimum absolute atomic E-state index is 0.00192. The molecule has 5 rings (SSSR count). The molecule has 1 aliphatic heterocycles. The number of aromatic amines is 1. The molecule has 1 aliphatic carbocycles. The van der Waals surface area contributed by atoms with Crippen molar-refractivity contribution < 1.29 is 18.7 Å². The summed E-state index contributed by atoms with van der Waals surface area (Å²) in [4.78, 5) is 25.0. The van der Waals surface area contributed by atoms with Crippen LogP contribution in [0.15, 0.2) is 60.1 Å². The Labute approximate surface area is 247 Å². The van der Waals surface area contributed by atoms with Crippen molar-refractivity contribution in [1.82, 2.24) is 29.9 Å². The second-order valence-electron chi connectivity index (χ2n) is 12.1. The van der Waals surface area contributed by atoms with E-state index >= 15 is 0 Å². The van der Waals surface area contributed by atoms with Crippen molar-refractivity contribution in [2.45, 2.75) is 58.7 Å². The molecule has 1 unspecified atom stereocenters. The van der Waals surface area contributed by atoms with Crippen LogP contribution in [0.1, 0.15) is 64.3 Å². The van der Waals surface area contributed by atoms with Gasteiger partial charge in [-0.25, -0.2) is 14.7 Å². The maximum atomic E-state index is 14.6. The SMILES string of the molecule is CC(C)(C)C[C@]1(C2(C)C=CC(c3cnn(C(F)F)c3)=CC2)N=C(N)N([C@H](CO)c2ccc(Cl)c(-c3ncn[nH]3)c2)C1=O. The van der Waals surface area contributed by atoms with Crippen LogP contribution in [0.2, 0.25) is 5.02 Å². The zero-order valence-electron chi connectivity index (χ0n) is 23.7. The lowest BCUT2D eigenvalue weighted by molar-refractivity contribution is -0.138. The normalized spacial score (nSPS) is 23.5. The maximum Gasteiger partial charge on any atom is 0.333 e. The summed E-state index contributed by atoms with van der Waals surface area (Å²) in [6.07, 6.45) is 10.4. The van der Waals surface area contributed by atoms with E-state index in [1.165, 1.54) is 23.6 Å². The molecule has 4 N–H and O–H groups in total. The van der Waals surface area contributed by atoms with Crippen LogP contribution in [0.3, 0.4) is 0 Å². The van der Waals surface area contributed by atoms with Crippen molar-refractivity contribution in [2.75, 3.05) is 6.61 Å². The summed E-state index contributed by atoms with van der Waals surface area (Å²) in [5.41, 5.74) is 6.50. The monoisotopic (exact) mass is 598 g/mol. The number of guanidine groups is 1. The van der Waals surface area contributed by atoms with Crippen LogP contribution < -0.4 is 5.73 Å². The van der Waals surface area contributed by atoms with Gasteiger partial charge in [-0.15, -0.1) is 0 Å². The molecule has 1 aromatic carbocycles. The average molecular weight is 599 g/mol. The van der Waals surface area contributed by atoms with Crippen molar-refractivity contribution in [1.29, 1.82) is 0 Å². The average Bonchev–Trinajstić information content (AvgIpc) is 3.68. The zero-order valence-corrected chi connectivity index (χ0v) is 24.5. The summed E-state index contributed by atoms with van der Waals surface area (Å²) >= 11 is 6.43. The van der Waals surface area contributed by atoms with Crippen LogP contribution in [0.4, 0.5) is 8.78 Å². The highest BCUT2D eigenvalue weighted by Gasteiger charge is 2.60. The summed E-state index contributed by atoms with van der Waals surface area (Å²) in [6.45, 7) is 4.87. The number of allylic oxidation sites excluding steroid dienone is 3. The summed E-state index contributed by atoms with van der Waals surface area (Å²) in [5.74, 6) is 0.110. The number of alkyl halides is 2. The molecule has 0 spiro atoms. The Balaban J connectivity index is 1.52. The van der Waals surface area contributed by atoms with Gasteiger partial charge in [-0.3, -0.25) is 14.8 Å². The molecule has 10 nitrogen and oxygen atoms in total. The van der Waals surface area contributed by atoms with Gasteiger partial charge in [0.25, 0.3) is 5.91 Å². The lowest BCUT2D eigenvalue weighted by atomic mass is 9.61. The van der Waals surface area contributed by atoms with Crippen LogP contribution in [0, 0.1) is 10.8 Å². The predicted octanol–water partition coefficient (Wildman–Crippen LogP) is 5.13. The topological polar surface area (TPSA) is 138 Å². The first-order valence-electron chi connectivity index (χ1n) is 13.5. The number of nitrogens with zero attached hydrogens (tertiary/aromatic N) is 6. The highest BCUT2D eigenvalue weighted by atomic mass is 35.5. The number of hydrogen-bond acceptors (Lipinski definition) is 7. The fourth-order valence-corrected chi connectivity index (χ4v) is 6.01. The van der Waals surface area contributed by atoms with E-state index in [4.69, 9.17) is 22.3 Å². The fourth-order valence-electron chi connectivity index (χ4n) is 5.81. The molecule has 222 valence electrons. The standard InChI is InChI=1S/C29H33ClF2N8O2/c1-27(2,3)15-29(28(4)9-7-17(8-10-28)19-12-36-39(13-19)25(31)32)24(42)40(26(33)37-29)22(14-41)18-5-6-21(30)20(11-18)23-34-16-35-38-23/h5-9,11-13,16,22,25,41H,10,14-15H2,1-4H3,(H2,33,37)(H,34,35,38)/t22-,28?,29+/m1/s1. The third-order valence-electron chi connectivity index (χ3n) is 7.90. The summed E-state index contributed by atoms with van der Waals surface area (Å²) in [6, 6.07) is 4.29. The zero-order chi connectivity index (χ0) is 30.4. The van der Waals surface area contributed by atoms with E-state index in [-0.39, 0.29) is 17.3 Å². The molecule has 3 atom stereocenters. The van der Waals surface area contributed by atoms with Gasteiger partial charge in [-0.2, -0.15) is 19.0 Å². The van der Waals surface area contributed by atoms with E-state index in [9.17, 15) is 18.7 Å². The van der Waals surface area contributed by atoms with Gasteiger partial charge < -0.3 is 10.8 Å². The van der Waals surface area contributed by atoms with Crippen LogP contribution >= 0.6 is 11.6 Å². The number of rotatable bonds is 8. The van der Waals surface area contributed by atoms with E-state index in [0.717, 1.165) is 5.57 Å². The first-order valence-corrected chi connectivity index (χ1v) is 13.8. The molecule has 0 saturated heterocycles. The Bertz CT molecular complexity index is 1580. The highest BCUT2D eigenvalue weighted by Crippen LogP contribution is 2.52. The first-order chi connectivity index (χ1) is 19.8. The molecule has 3 aromatic rings. The third kappa shape index (κ3) is 5.13. The Morgan fingerprint density at radius 3 is 2.62 bits per heavy atom. The molecule has 0 saturated carbocycles. The number of aliphatic hydroxyl groups is 1.